The Morgan fingerprint density at radius 1 is 1.28 bits per heavy atom. The highest BCUT2D eigenvalue weighted by molar-refractivity contribution is 5.85. The summed E-state index contributed by atoms with van der Waals surface area (Å²) in [6, 6.07) is 9.16. The highest BCUT2D eigenvalue weighted by atomic mass is 35.5. The zero-order valence-corrected chi connectivity index (χ0v) is 11.7. The maximum absolute atomic E-state index is 9.87. The molecule has 0 fully saturated rings. The minimum absolute atomic E-state index is 0. The molecule has 0 aromatic heterocycles. The quantitative estimate of drug-likeness (QED) is 0.861. The van der Waals surface area contributed by atoms with E-state index in [1.165, 1.54) is 0 Å². The second-order valence-electron chi connectivity index (χ2n) is 4.87. The van der Waals surface area contributed by atoms with Crippen molar-refractivity contribution in [3.05, 3.63) is 35.4 Å². The van der Waals surface area contributed by atoms with Gasteiger partial charge in [0.05, 0.1) is 17.7 Å². The molecule has 0 saturated carbocycles. The maximum Gasteiger partial charge on any atom is 0.0991 e. The Bertz CT molecular complexity index is 384. The number of halogens is 1. The Balaban J connectivity index is 0.00000289. The number of aliphatic hydroxyl groups excluding tert-OH is 1. The van der Waals surface area contributed by atoms with Crippen LogP contribution in [0.3, 0.4) is 0 Å². The minimum atomic E-state index is -0.467. The Hall–Kier alpha value is -1.08. The lowest BCUT2D eigenvalue weighted by Gasteiger charge is -2.20. The first-order valence-corrected chi connectivity index (χ1v) is 5.95. The third-order valence-corrected chi connectivity index (χ3v) is 2.76. The first-order valence-electron chi connectivity index (χ1n) is 5.95. The summed E-state index contributed by atoms with van der Waals surface area (Å²) in [7, 11) is 0. The first-order chi connectivity index (χ1) is 8.02. The molecule has 0 aliphatic heterocycles. The van der Waals surface area contributed by atoms with Gasteiger partial charge in [0.25, 0.3) is 0 Å². The molecule has 0 saturated heterocycles. The average Bonchev–Trinajstić information content (AvgIpc) is 2.29. The van der Waals surface area contributed by atoms with Crippen molar-refractivity contribution >= 4 is 12.4 Å². The van der Waals surface area contributed by atoms with Crippen LogP contribution in [0.15, 0.2) is 24.3 Å². The third-order valence-electron chi connectivity index (χ3n) is 2.76. The summed E-state index contributed by atoms with van der Waals surface area (Å²) in [5, 5.41) is 18.6. The molecule has 3 N–H and O–H groups in total. The largest absolute Gasteiger partial charge is 0.391 e. The lowest BCUT2D eigenvalue weighted by Crippen LogP contribution is -2.37. The fraction of sp³-hybridized carbons (Fsp3) is 0.500. The monoisotopic (exact) mass is 268 g/mol. The van der Waals surface area contributed by atoms with E-state index in [2.05, 4.69) is 19.9 Å². The number of rotatable bonds is 5. The summed E-state index contributed by atoms with van der Waals surface area (Å²) in [6.07, 6.45) is 0.891. The van der Waals surface area contributed by atoms with Gasteiger partial charge in [0.15, 0.2) is 0 Å². The van der Waals surface area contributed by atoms with Crippen LogP contribution in [0.2, 0.25) is 0 Å². The van der Waals surface area contributed by atoms with Crippen molar-refractivity contribution in [2.75, 3.05) is 0 Å². The Morgan fingerprint density at radius 3 is 2.28 bits per heavy atom. The molecule has 3 nitrogen and oxygen atoms in total. The number of hydrogen-bond acceptors (Lipinski definition) is 3. The van der Waals surface area contributed by atoms with Gasteiger partial charge in [0.2, 0.25) is 0 Å². The average molecular weight is 269 g/mol. The van der Waals surface area contributed by atoms with Gasteiger partial charge in [-0.2, -0.15) is 5.26 Å². The molecule has 0 spiro atoms. The fourth-order valence-corrected chi connectivity index (χ4v) is 1.78. The number of nitriles is 1. The minimum Gasteiger partial charge on any atom is -0.391 e. The molecule has 0 aliphatic rings. The third kappa shape index (κ3) is 5.50. The zero-order chi connectivity index (χ0) is 12.8. The van der Waals surface area contributed by atoms with Crippen LogP contribution in [0.5, 0.6) is 0 Å². The lowest BCUT2D eigenvalue weighted by atomic mass is 9.95. The van der Waals surface area contributed by atoms with Gasteiger partial charge >= 0.3 is 0 Å². The molecular formula is C14H21ClN2O. The normalized spacial score (nSPS) is 13.6. The predicted molar refractivity (Wildman–Crippen MR) is 75.5 cm³/mol. The van der Waals surface area contributed by atoms with Crippen LogP contribution in [0, 0.1) is 17.2 Å². The molecule has 2 atom stereocenters. The molecule has 1 rings (SSSR count). The van der Waals surface area contributed by atoms with Crippen molar-refractivity contribution in [1.29, 1.82) is 5.26 Å². The van der Waals surface area contributed by atoms with Gasteiger partial charge in [-0.25, -0.2) is 0 Å². The number of nitrogens with two attached hydrogens (primary N) is 1. The van der Waals surface area contributed by atoms with Crippen LogP contribution in [0.4, 0.5) is 0 Å². The molecule has 100 valence electrons. The second-order valence-corrected chi connectivity index (χ2v) is 4.87. The molecule has 18 heavy (non-hydrogen) atoms. The molecule has 1 aromatic rings. The van der Waals surface area contributed by atoms with E-state index in [0.29, 0.717) is 17.9 Å². The topological polar surface area (TPSA) is 70.0 Å². The number of aliphatic hydroxyl groups is 1. The first kappa shape index (κ1) is 16.9. The van der Waals surface area contributed by atoms with E-state index in [4.69, 9.17) is 11.0 Å². The summed E-state index contributed by atoms with van der Waals surface area (Å²) >= 11 is 0. The van der Waals surface area contributed by atoms with Gasteiger partial charge in [0.1, 0.15) is 0 Å². The highest BCUT2D eigenvalue weighted by Gasteiger charge is 2.16. The van der Waals surface area contributed by atoms with Crippen LogP contribution in [0.25, 0.3) is 0 Å². The molecule has 0 bridgehead atoms. The highest BCUT2D eigenvalue weighted by Crippen LogP contribution is 2.12. The number of hydrogen-bond donors (Lipinski definition) is 2. The fourth-order valence-electron chi connectivity index (χ4n) is 1.78. The van der Waals surface area contributed by atoms with E-state index >= 15 is 0 Å². The maximum atomic E-state index is 9.87. The predicted octanol–water partition coefficient (Wildman–Crippen LogP) is 2.26. The van der Waals surface area contributed by atoms with Gasteiger partial charge in [-0.1, -0.05) is 26.0 Å². The Morgan fingerprint density at radius 2 is 1.83 bits per heavy atom. The summed E-state index contributed by atoms with van der Waals surface area (Å²) < 4.78 is 0. The van der Waals surface area contributed by atoms with Gasteiger partial charge in [-0.3, -0.25) is 0 Å². The molecule has 0 aliphatic carbocycles. The van der Waals surface area contributed by atoms with E-state index in [9.17, 15) is 5.11 Å². The van der Waals surface area contributed by atoms with E-state index in [1.54, 1.807) is 12.1 Å². The second kappa shape index (κ2) is 8.10. The standard InChI is InChI=1S/C14H20N2O.ClH/c1-10(2)7-14(17)13(16)8-11-3-5-12(9-15)6-4-11;/h3-6,10,13-14,17H,7-8,16H2,1-2H3;1H. The molecule has 0 radical (unpaired) electrons. The van der Waals surface area contributed by atoms with E-state index in [0.717, 1.165) is 12.0 Å². The smallest absolute Gasteiger partial charge is 0.0991 e. The van der Waals surface area contributed by atoms with Crippen LogP contribution < -0.4 is 5.73 Å². The number of benzene rings is 1. The number of nitrogens with zero attached hydrogens (tertiary/aromatic N) is 1. The van der Waals surface area contributed by atoms with Crippen molar-refractivity contribution in [1.82, 2.24) is 0 Å². The SMILES string of the molecule is CC(C)CC(O)C(N)Cc1ccc(C#N)cc1.Cl. The molecule has 1 aromatic carbocycles. The van der Waals surface area contributed by atoms with E-state index in [-0.39, 0.29) is 18.4 Å². The summed E-state index contributed by atoms with van der Waals surface area (Å²) in [5.41, 5.74) is 7.65. The Kier molecular flexibility index (Phi) is 7.61. The van der Waals surface area contributed by atoms with Crippen molar-refractivity contribution in [3.63, 3.8) is 0 Å². The molecule has 4 heteroatoms. The van der Waals surface area contributed by atoms with Crippen molar-refractivity contribution < 1.29 is 5.11 Å². The molecule has 0 heterocycles. The van der Waals surface area contributed by atoms with Gasteiger partial charge in [-0.15, -0.1) is 12.4 Å². The summed E-state index contributed by atoms with van der Waals surface area (Å²) in [6.45, 7) is 4.13. The Labute approximate surface area is 115 Å². The molecule has 2 unspecified atom stereocenters. The van der Waals surface area contributed by atoms with E-state index < -0.39 is 6.10 Å². The van der Waals surface area contributed by atoms with Crippen LogP contribution in [0.1, 0.15) is 31.4 Å². The van der Waals surface area contributed by atoms with E-state index in [1.807, 2.05) is 12.1 Å². The van der Waals surface area contributed by atoms with Crippen molar-refractivity contribution in [2.45, 2.75) is 38.8 Å². The van der Waals surface area contributed by atoms with Crippen LogP contribution in [-0.2, 0) is 6.42 Å². The van der Waals surface area contributed by atoms with Gasteiger partial charge in [-0.05, 0) is 36.5 Å². The van der Waals surface area contributed by atoms with Crippen LogP contribution >= 0.6 is 12.4 Å². The lowest BCUT2D eigenvalue weighted by molar-refractivity contribution is 0.120. The summed E-state index contributed by atoms with van der Waals surface area (Å²) in [4.78, 5) is 0. The molecular weight excluding hydrogens is 248 g/mol. The van der Waals surface area contributed by atoms with Crippen molar-refractivity contribution in [3.8, 4) is 6.07 Å². The van der Waals surface area contributed by atoms with Gasteiger partial charge in [0, 0.05) is 6.04 Å². The van der Waals surface area contributed by atoms with Crippen molar-refractivity contribution in [2.24, 2.45) is 11.7 Å². The molecule has 0 amide bonds. The zero-order valence-electron chi connectivity index (χ0n) is 10.8. The van der Waals surface area contributed by atoms with Gasteiger partial charge < -0.3 is 10.8 Å². The van der Waals surface area contributed by atoms with Crippen LogP contribution in [-0.4, -0.2) is 17.3 Å². The summed E-state index contributed by atoms with van der Waals surface area (Å²) in [5.74, 6) is 0.442.